The van der Waals surface area contributed by atoms with Crippen LogP contribution in [0.1, 0.15) is 28.4 Å². The van der Waals surface area contributed by atoms with Crippen molar-refractivity contribution >= 4 is 17.4 Å². The zero-order valence-electron chi connectivity index (χ0n) is 16.2. The van der Waals surface area contributed by atoms with Crippen molar-refractivity contribution in [3.05, 3.63) is 83.8 Å². The lowest BCUT2D eigenvalue weighted by atomic mass is 10.1. The van der Waals surface area contributed by atoms with E-state index in [1.54, 1.807) is 12.3 Å². The first-order valence-electron chi connectivity index (χ1n) is 9.61. The molecule has 0 saturated heterocycles. The van der Waals surface area contributed by atoms with E-state index < -0.39 is 0 Å². The average molecular weight is 372 g/mol. The normalized spacial score (nSPS) is 15.4. The number of carbonyl (C=O) groups excluding carboxylic acids is 1. The first-order chi connectivity index (χ1) is 13.6. The van der Waals surface area contributed by atoms with Gasteiger partial charge in [-0.1, -0.05) is 18.2 Å². The van der Waals surface area contributed by atoms with Crippen molar-refractivity contribution in [3.63, 3.8) is 0 Å². The van der Waals surface area contributed by atoms with Crippen molar-refractivity contribution in [2.45, 2.75) is 25.8 Å². The monoisotopic (exact) mass is 372 g/mol. The highest BCUT2D eigenvalue weighted by molar-refractivity contribution is 6.08. The Labute approximate surface area is 165 Å². The van der Waals surface area contributed by atoms with Gasteiger partial charge in [0.25, 0.3) is 5.91 Å². The van der Waals surface area contributed by atoms with E-state index in [1.807, 2.05) is 60.7 Å². The molecule has 28 heavy (non-hydrogen) atoms. The number of pyridine rings is 2. The summed E-state index contributed by atoms with van der Waals surface area (Å²) >= 11 is 0. The summed E-state index contributed by atoms with van der Waals surface area (Å²) in [5, 5.41) is 0. The summed E-state index contributed by atoms with van der Waals surface area (Å²) in [5.41, 5.74) is 4.15. The molecule has 2 aromatic heterocycles. The van der Waals surface area contributed by atoms with Crippen LogP contribution < -0.4 is 9.80 Å². The Morgan fingerprint density at radius 3 is 2.75 bits per heavy atom. The fourth-order valence-electron chi connectivity index (χ4n) is 3.74. The van der Waals surface area contributed by atoms with Gasteiger partial charge in [-0.05, 0) is 61.2 Å². The molecular formula is C23H24N4O. The third kappa shape index (κ3) is 3.60. The van der Waals surface area contributed by atoms with Crippen molar-refractivity contribution < 1.29 is 4.79 Å². The van der Waals surface area contributed by atoms with Crippen LogP contribution in [0.15, 0.2) is 67.1 Å². The summed E-state index contributed by atoms with van der Waals surface area (Å²) in [6.07, 6.45) is 7.13. The highest BCUT2D eigenvalue weighted by atomic mass is 16.2. The topological polar surface area (TPSA) is 49.3 Å². The lowest BCUT2D eigenvalue weighted by Gasteiger charge is -2.24. The van der Waals surface area contributed by atoms with E-state index in [4.69, 9.17) is 0 Å². The Bertz CT molecular complexity index is 973. The van der Waals surface area contributed by atoms with Crippen LogP contribution in [0.4, 0.5) is 11.5 Å². The van der Waals surface area contributed by atoms with Gasteiger partial charge in [0, 0.05) is 49.5 Å². The van der Waals surface area contributed by atoms with Crippen LogP contribution in [0.25, 0.3) is 0 Å². The zero-order chi connectivity index (χ0) is 19.5. The number of anilines is 2. The van der Waals surface area contributed by atoms with Gasteiger partial charge in [0.15, 0.2) is 0 Å². The number of likely N-dealkylation sites (N-methyl/N-ethyl adjacent to an activating group) is 1. The Morgan fingerprint density at radius 2 is 1.93 bits per heavy atom. The number of aromatic nitrogens is 2. The summed E-state index contributed by atoms with van der Waals surface area (Å²) in [4.78, 5) is 25.8. The van der Waals surface area contributed by atoms with Gasteiger partial charge in [0.1, 0.15) is 5.82 Å². The molecule has 1 atom stereocenters. The van der Waals surface area contributed by atoms with Crippen LogP contribution in [0.2, 0.25) is 0 Å². The molecule has 0 spiro atoms. The molecule has 0 radical (unpaired) electrons. The molecule has 4 rings (SSSR count). The smallest absolute Gasteiger partial charge is 0.258 e. The molecule has 5 nitrogen and oxygen atoms in total. The Kier molecular flexibility index (Phi) is 5.06. The molecule has 0 N–H and O–H groups in total. The molecule has 1 aromatic carbocycles. The second-order valence-electron chi connectivity index (χ2n) is 7.29. The molecule has 3 heterocycles. The van der Waals surface area contributed by atoms with E-state index in [-0.39, 0.29) is 11.9 Å². The van der Waals surface area contributed by atoms with Gasteiger partial charge in [-0.25, -0.2) is 4.98 Å². The summed E-state index contributed by atoms with van der Waals surface area (Å²) in [7, 11) is 2.01. The number of benzene rings is 1. The molecule has 0 saturated carbocycles. The summed E-state index contributed by atoms with van der Waals surface area (Å²) in [6.45, 7) is 2.92. The second-order valence-corrected chi connectivity index (χ2v) is 7.29. The molecule has 1 aliphatic rings. The van der Waals surface area contributed by atoms with Crippen molar-refractivity contribution in [2.75, 3.05) is 23.4 Å². The summed E-state index contributed by atoms with van der Waals surface area (Å²) < 4.78 is 0. The highest BCUT2D eigenvalue weighted by Gasteiger charge is 2.31. The minimum absolute atomic E-state index is 0.0311. The fraction of sp³-hybridized carbons (Fsp3) is 0.261. The van der Waals surface area contributed by atoms with Gasteiger partial charge in [0.05, 0.1) is 0 Å². The van der Waals surface area contributed by atoms with Gasteiger partial charge >= 0.3 is 0 Å². The SMILES string of the molecule is CC1Cc2ccccc2N1C(=O)c1ccnc(N(C)CCc2ccncc2)c1. The summed E-state index contributed by atoms with van der Waals surface area (Å²) in [5.74, 6) is 0.837. The number of rotatable bonds is 5. The first-order valence-corrected chi connectivity index (χ1v) is 9.61. The maximum atomic E-state index is 13.2. The molecule has 0 bridgehead atoms. The van der Waals surface area contributed by atoms with E-state index in [2.05, 4.69) is 27.9 Å². The van der Waals surface area contributed by atoms with E-state index in [9.17, 15) is 4.79 Å². The van der Waals surface area contributed by atoms with Gasteiger partial charge in [-0.15, -0.1) is 0 Å². The standard InChI is InChI=1S/C23H24N4O/c1-17-15-19-5-3-4-6-21(19)27(17)23(28)20-9-13-25-22(16-20)26(2)14-10-18-7-11-24-12-8-18/h3-9,11-13,16-17H,10,14-15H2,1-2H3. The summed E-state index contributed by atoms with van der Waals surface area (Å²) in [6, 6.07) is 16.0. The minimum Gasteiger partial charge on any atom is -0.359 e. The minimum atomic E-state index is 0.0311. The highest BCUT2D eigenvalue weighted by Crippen LogP contribution is 2.33. The first kappa shape index (κ1) is 18.2. The molecular weight excluding hydrogens is 348 g/mol. The number of amides is 1. The zero-order valence-corrected chi connectivity index (χ0v) is 16.2. The third-order valence-corrected chi connectivity index (χ3v) is 5.29. The van der Waals surface area contributed by atoms with Crippen LogP contribution in [0.5, 0.6) is 0 Å². The Balaban J connectivity index is 1.51. The number of hydrogen-bond acceptors (Lipinski definition) is 4. The largest absolute Gasteiger partial charge is 0.359 e. The average Bonchev–Trinajstić information content (AvgIpc) is 3.08. The van der Waals surface area contributed by atoms with Crippen LogP contribution in [0.3, 0.4) is 0 Å². The lowest BCUT2D eigenvalue weighted by molar-refractivity contribution is 0.0981. The number of para-hydroxylation sites is 1. The Morgan fingerprint density at radius 1 is 1.14 bits per heavy atom. The predicted molar refractivity (Wildman–Crippen MR) is 112 cm³/mol. The van der Waals surface area contributed by atoms with E-state index in [1.165, 1.54) is 11.1 Å². The van der Waals surface area contributed by atoms with Crippen LogP contribution in [-0.4, -0.2) is 35.5 Å². The van der Waals surface area contributed by atoms with E-state index in [0.717, 1.165) is 30.9 Å². The number of fused-ring (bicyclic) bond motifs is 1. The number of carbonyl (C=O) groups is 1. The third-order valence-electron chi connectivity index (χ3n) is 5.29. The van der Waals surface area contributed by atoms with Gasteiger partial charge < -0.3 is 9.80 Å². The molecule has 1 amide bonds. The van der Waals surface area contributed by atoms with Crippen LogP contribution in [0, 0.1) is 0 Å². The van der Waals surface area contributed by atoms with Crippen LogP contribution in [-0.2, 0) is 12.8 Å². The maximum Gasteiger partial charge on any atom is 0.258 e. The lowest BCUT2D eigenvalue weighted by Crippen LogP contribution is -2.35. The van der Waals surface area contributed by atoms with Crippen molar-refractivity contribution in [3.8, 4) is 0 Å². The molecule has 1 unspecified atom stereocenters. The number of nitrogens with zero attached hydrogens (tertiary/aromatic N) is 4. The molecule has 0 aliphatic carbocycles. The fourth-order valence-corrected chi connectivity index (χ4v) is 3.74. The molecule has 5 heteroatoms. The van der Waals surface area contributed by atoms with Gasteiger partial charge in [-0.3, -0.25) is 9.78 Å². The molecule has 0 fully saturated rings. The molecule has 1 aliphatic heterocycles. The quantitative estimate of drug-likeness (QED) is 0.684. The van der Waals surface area contributed by atoms with Crippen LogP contribution >= 0.6 is 0 Å². The van der Waals surface area contributed by atoms with Crippen molar-refractivity contribution in [1.29, 1.82) is 0 Å². The predicted octanol–water partition coefficient (Wildman–Crippen LogP) is 3.75. The van der Waals surface area contributed by atoms with Crippen molar-refractivity contribution in [1.82, 2.24) is 9.97 Å². The number of hydrogen-bond donors (Lipinski definition) is 0. The Hall–Kier alpha value is -3.21. The van der Waals surface area contributed by atoms with E-state index >= 15 is 0 Å². The maximum absolute atomic E-state index is 13.2. The van der Waals surface area contributed by atoms with Gasteiger partial charge in [0.2, 0.25) is 0 Å². The molecule has 142 valence electrons. The van der Waals surface area contributed by atoms with Gasteiger partial charge in [-0.2, -0.15) is 0 Å². The van der Waals surface area contributed by atoms with E-state index in [0.29, 0.717) is 5.56 Å². The molecule has 3 aromatic rings. The second kappa shape index (κ2) is 7.80. The van der Waals surface area contributed by atoms with Crippen molar-refractivity contribution in [2.24, 2.45) is 0 Å².